The minimum atomic E-state index is -0.500. The van der Waals surface area contributed by atoms with E-state index in [0.29, 0.717) is 32.9 Å². The second-order valence-electron chi connectivity index (χ2n) is 7.07. The molecule has 0 aliphatic carbocycles. The molecule has 6 nitrogen and oxygen atoms in total. The number of rotatable bonds is 1. The highest BCUT2D eigenvalue weighted by molar-refractivity contribution is 5.82. The molecule has 0 spiro atoms. The van der Waals surface area contributed by atoms with Gasteiger partial charge >= 0.3 is 0 Å². The minimum Gasteiger partial charge on any atom is -0.491 e. The van der Waals surface area contributed by atoms with Crippen LogP contribution in [0, 0.1) is 5.95 Å². The van der Waals surface area contributed by atoms with Crippen LogP contribution in [-0.2, 0) is 16.1 Å². The van der Waals surface area contributed by atoms with Crippen LogP contribution in [0.15, 0.2) is 36.5 Å². The van der Waals surface area contributed by atoms with E-state index in [2.05, 4.69) is 15.2 Å². The first-order chi connectivity index (χ1) is 13.7. The Morgan fingerprint density at radius 1 is 1.14 bits per heavy atom. The summed E-state index contributed by atoms with van der Waals surface area (Å²) in [4.78, 5) is 18.5. The third-order valence-electron chi connectivity index (χ3n) is 5.19. The van der Waals surface area contributed by atoms with Crippen LogP contribution < -0.4 is 10.1 Å². The summed E-state index contributed by atoms with van der Waals surface area (Å²) < 4.78 is 24.6. The Bertz CT molecular complexity index is 828. The number of hydrogen-bond acceptors (Lipinski definition) is 5. The van der Waals surface area contributed by atoms with Crippen LogP contribution >= 0.6 is 0 Å². The largest absolute Gasteiger partial charge is 0.491 e. The Hall–Kier alpha value is -2.51. The second-order valence-corrected chi connectivity index (χ2v) is 7.07. The van der Waals surface area contributed by atoms with E-state index in [1.807, 2.05) is 18.2 Å². The molecule has 4 rings (SSSR count). The maximum absolute atomic E-state index is 13.2. The third-order valence-corrected chi connectivity index (χ3v) is 5.19. The van der Waals surface area contributed by atoms with Crippen LogP contribution in [0.5, 0.6) is 5.75 Å². The van der Waals surface area contributed by atoms with Crippen molar-refractivity contribution in [2.24, 2.45) is 0 Å². The van der Waals surface area contributed by atoms with E-state index in [1.54, 1.807) is 6.07 Å². The number of halogens is 1. The lowest BCUT2D eigenvalue weighted by Crippen LogP contribution is -2.43. The van der Waals surface area contributed by atoms with Crippen molar-refractivity contribution in [3.8, 4) is 16.9 Å². The molecule has 0 unspecified atom stereocenters. The number of nitrogens with zero attached hydrogens (tertiary/aromatic N) is 2. The summed E-state index contributed by atoms with van der Waals surface area (Å²) >= 11 is 0. The topological polar surface area (TPSA) is 63.7 Å². The van der Waals surface area contributed by atoms with Gasteiger partial charge in [0.15, 0.2) is 0 Å². The molecule has 2 aromatic rings. The van der Waals surface area contributed by atoms with Crippen LogP contribution in [0.1, 0.15) is 18.4 Å². The molecule has 2 aliphatic heterocycles. The summed E-state index contributed by atoms with van der Waals surface area (Å²) in [6, 6.07) is 8.85. The van der Waals surface area contributed by atoms with Gasteiger partial charge < -0.3 is 14.8 Å². The van der Waals surface area contributed by atoms with Gasteiger partial charge in [-0.05, 0) is 49.2 Å². The summed E-state index contributed by atoms with van der Waals surface area (Å²) in [5, 5.41) is 2.97. The molecule has 0 saturated carbocycles. The molecule has 7 heteroatoms. The summed E-state index contributed by atoms with van der Waals surface area (Å²) in [5.41, 5.74) is 2.78. The van der Waals surface area contributed by atoms with E-state index in [-0.39, 0.29) is 11.9 Å². The van der Waals surface area contributed by atoms with Gasteiger partial charge in [-0.15, -0.1) is 0 Å². The Balaban J connectivity index is 1.64. The first-order valence-corrected chi connectivity index (χ1v) is 9.68. The zero-order valence-electron chi connectivity index (χ0n) is 15.7. The van der Waals surface area contributed by atoms with Crippen molar-refractivity contribution < 1.29 is 18.7 Å². The van der Waals surface area contributed by atoms with Gasteiger partial charge in [0, 0.05) is 30.4 Å². The molecule has 1 amide bonds. The summed E-state index contributed by atoms with van der Waals surface area (Å²) in [5.74, 6) is 0.342. The molecule has 3 heterocycles. The SMILES string of the molecule is O=C1NCCOCCOc2ccc(-c3ccc(F)nc3)cc2CN2CCC[C@@H]12. The molecule has 2 aliphatic rings. The molecule has 0 radical (unpaired) electrons. The van der Waals surface area contributed by atoms with E-state index in [0.717, 1.165) is 41.8 Å². The summed E-state index contributed by atoms with van der Waals surface area (Å²) in [7, 11) is 0. The van der Waals surface area contributed by atoms with Crippen molar-refractivity contribution in [3.05, 3.63) is 48.0 Å². The van der Waals surface area contributed by atoms with E-state index >= 15 is 0 Å². The fourth-order valence-corrected chi connectivity index (χ4v) is 3.78. The van der Waals surface area contributed by atoms with Gasteiger partial charge in [0.05, 0.1) is 19.3 Å². The van der Waals surface area contributed by atoms with Gasteiger partial charge in [-0.2, -0.15) is 4.39 Å². The number of carbonyl (C=O) groups excluding carboxylic acids is 1. The number of nitrogens with one attached hydrogen (secondary N) is 1. The number of carbonyl (C=O) groups is 1. The Morgan fingerprint density at radius 3 is 2.89 bits per heavy atom. The number of aromatic nitrogens is 1. The summed E-state index contributed by atoms with van der Waals surface area (Å²) in [6.45, 7) is 3.39. The lowest BCUT2D eigenvalue weighted by atomic mass is 10.0. The Morgan fingerprint density at radius 2 is 2.04 bits per heavy atom. The number of fused-ring (bicyclic) bond motifs is 2. The van der Waals surface area contributed by atoms with E-state index in [4.69, 9.17) is 9.47 Å². The van der Waals surface area contributed by atoms with Gasteiger partial charge in [0.2, 0.25) is 11.9 Å². The lowest BCUT2D eigenvalue weighted by molar-refractivity contribution is -0.125. The van der Waals surface area contributed by atoms with Crippen molar-refractivity contribution in [1.82, 2.24) is 15.2 Å². The fourth-order valence-electron chi connectivity index (χ4n) is 3.78. The van der Waals surface area contributed by atoms with E-state index in [1.165, 1.54) is 12.3 Å². The van der Waals surface area contributed by atoms with Crippen molar-refractivity contribution in [2.75, 3.05) is 32.9 Å². The average Bonchev–Trinajstić information content (AvgIpc) is 3.16. The second kappa shape index (κ2) is 8.67. The van der Waals surface area contributed by atoms with Gasteiger partial charge in [0.1, 0.15) is 12.4 Å². The maximum atomic E-state index is 13.2. The molecule has 1 N–H and O–H groups in total. The van der Waals surface area contributed by atoms with Crippen molar-refractivity contribution in [2.45, 2.75) is 25.4 Å². The maximum Gasteiger partial charge on any atom is 0.237 e. The molecule has 1 atom stereocenters. The first kappa shape index (κ1) is 18.8. The Labute approximate surface area is 163 Å². The van der Waals surface area contributed by atoms with Crippen molar-refractivity contribution in [3.63, 3.8) is 0 Å². The molecule has 1 saturated heterocycles. The van der Waals surface area contributed by atoms with Crippen LogP contribution in [0.25, 0.3) is 11.1 Å². The quantitative estimate of drug-likeness (QED) is 0.764. The van der Waals surface area contributed by atoms with Gasteiger partial charge in [0.25, 0.3) is 0 Å². The summed E-state index contributed by atoms with van der Waals surface area (Å²) in [6.07, 6.45) is 3.37. The molecular weight excluding hydrogens is 361 g/mol. The molecule has 1 aromatic carbocycles. The predicted molar refractivity (Wildman–Crippen MR) is 102 cm³/mol. The smallest absolute Gasteiger partial charge is 0.237 e. The Kier molecular flexibility index (Phi) is 5.83. The van der Waals surface area contributed by atoms with Gasteiger partial charge in [-0.1, -0.05) is 6.07 Å². The standard InChI is InChI=1S/C21H24FN3O3/c22-20-6-4-16(13-24-20)15-3-5-19-17(12-15)14-25-8-1-2-18(25)21(26)23-7-9-27-10-11-28-19/h3-6,12-13,18H,1-2,7-11,14H2,(H,23,26)/t18-/m0/s1. The van der Waals surface area contributed by atoms with Crippen LogP contribution in [0.2, 0.25) is 0 Å². The van der Waals surface area contributed by atoms with Crippen molar-refractivity contribution in [1.29, 1.82) is 0 Å². The zero-order valence-corrected chi connectivity index (χ0v) is 15.7. The van der Waals surface area contributed by atoms with E-state index in [9.17, 15) is 9.18 Å². The monoisotopic (exact) mass is 385 g/mol. The predicted octanol–water partition coefficient (Wildman–Crippen LogP) is 2.38. The van der Waals surface area contributed by atoms with Crippen LogP contribution in [0.3, 0.4) is 0 Å². The minimum absolute atomic E-state index is 0.0571. The molecule has 1 aromatic heterocycles. The molecule has 0 bridgehead atoms. The number of benzene rings is 1. The van der Waals surface area contributed by atoms with Crippen LogP contribution in [-0.4, -0.2) is 54.7 Å². The highest BCUT2D eigenvalue weighted by atomic mass is 19.1. The van der Waals surface area contributed by atoms with Gasteiger partial charge in [-0.3, -0.25) is 9.69 Å². The highest BCUT2D eigenvalue weighted by Crippen LogP contribution is 2.30. The lowest BCUT2D eigenvalue weighted by Gasteiger charge is -2.24. The molecule has 1 fully saturated rings. The first-order valence-electron chi connectivity index (χ1n) is 9.68. The third kappa shape index (κ3) is 4.31. The molecule has 148 valence electrons. The van der Waals surface area contributed by atoms with Crippen LogP contribution in [0.4, 0.5) is 4.39 Å². The number of hydrogen-bond donors (Lipinski definition) is 1. The fraction of sp³-hybridized carbons (Fsp3) is 0.429. The highest BCUT2D eigenvalue weighted by Gasteiger charge is 2.31. The normalized spacial score (nSPS) is 21.3. The molecular formula is C21H24FN3O3. The van der Waals surface area contributed by atoms with E-state index < -0.39 is 5.95 Å². The average molecular weight is 385 g/mol. The molecule has 28 heavy (non-hydrogen) atoms. The number of amides is 1. The number of ether oxygens (including phenoxy) is 2. The number of pyridine rings is 1. The zero-order chi connectivity index (χ0) is 19.3. The van der Waals surface area contributed by atoms with Gasteiger partial charge in [-0.25, -0.2) is 4.98 Å². The van der Waals surface area contributed by atoms with Crippen molar-refractivity contribution >= 4 is 5.91 Å².